The highest BCUT2D eigenvalue weighted by Gasteiger charge is 2.28. The zero-order valence-corrected chi connectivity index (χ0v) is 22.1. The lowest BCUT2D eigenvalue weighted by Gasteiger charge is -2.26. The minimum Gasteiger partial charge on any atom is -0.496 e. The summed E-state index contributed by atoms with van der Waals surface area (Å²) < 4.78 is 10.9. The number of nitrogens with one attached hydrogen (secondary N) is 1. The van der Waals surface area contributed by atoms with Crippen molar-refractivity contribution in [2.45, 2.75) is 45.6 Å². The first-order valence-electron chi connectivity index (χ1n) is 12.2. The first-order valence-corrected chi connectivity index (χ1v) is 13.0. The van der Waals surface area contributed by atoms with Gasteiger partial charge in [-0.05, 0) is 48.6 Å². The molecule has 1 aromatic carbocycles. The second-order valence-electron chi connectivity index (χ2n) is 9.08. The number of nitriles is 1. The van der Waals surface area contributed by atoms with E-state index in [4.69, 9.17) is 9.47 Å². The van der Waals surface area contributed by atoms with Crippen LogP contribution in [-0.2, 0) is 28.9 Å². The average molecular weight is 519 g/mol. The number of rotatable bonds is 8. The van der Waals surface area contributed by atoms with Crippen LogP contribution in [0.5, 0.6) is 5.75 Å². The number of fused-ring (bicyclic) bond motifs is 1. The Kier molecular flexibility index (Phi) is 8.41. The molecule has 2 aromatic heterocycles. The minimum absolute atomic E-state index is 0.0636. The number of carbonyl (C=O) groups excluding carboxylic acids is 2. The fourth-order valence-corrected chi connectivity index (χ4v) is 5.68. The quantitative estimate of drug-likeness (QED) is 0.439. The molecule has 1 N–H and O–H groups in total. The molecule has 9 heteroatoms. The molecule has 0 fully saturated rings. The Morgan fingerprint density at radius 3 is 2.86 bits per heavy atom. The maximum atomic E-state index is 12.9. The highest BCUT2D eigenvalue weighted by molar-refractivity contribution is 7.16. The Morgan fingerprint density at radius 2 is 2.14 bits per heavy atom. The number of hydrogen-bond donors (Lipinski definition) is 1. The number of thiophene rings is 1. The lowest BCUT2D eigenvalue weighted by Crippen LogP contribution is -2.36. The molecule has 0 bridgehead atoms. The van der Waals surface area contributed by atoms with E-state index >= 15 is 0 Å². The van der Waals surface area contributed by atoms with Crippen molar-refractivity contribution in [2.75, 3.05) is 25.6 Å². The average Bonchev–Trinajstić information content (AvgIpc) is 3.24. The highest BCUT2D eigenvalue weighted by Crippen LogP contribution is 2.37. The molecule has 4 rings (SSSR count). The van der Waals surface area contributed by atoms with Crippen LogP contribution in [-0.4, -0.2) is 42.1 Å². The van der Waals surface area contributed by atoms with E-state index in [1.165, 1.54) is 11.3 Å². The van der Waals surface area contributed by atoms with Gasteiger partial charge >= 0.3 is 6.09 Å². The molecule has 0 aliphatic carbocycles. The van der Waals surface area contributed by atoms with E-state index in [1.807, 2.05) is 50.2 Å². The van der Waals surface area contributed by atoms with Gasteiger partial charge in [-0.2, -0.15) is 5.26 Å². The van der Waals surface area contributed by atoms with Crippen molar-refractivity contribution in [2.24, 2.45) is 0 Å². The SMILES string of the molecule is COc1ccc(C)cc1C(C)CC(=O)Nc1sc2c(c1C#N)CCN(C(=O)OCCc1ccccn1)C2. The van der Waals surface area contributed by atoms with Gasteiger partial charge in [-0.15, -0.1) is 11.3 Å². The van der Waals surface area contributed by atoms with Gasteiger partial charge in [-0.1, -0.05) is 30.7 Å². The number of amides is 2. The van der Waals surface area contributed by atoms with Crippen LogP contribution in [0.1, 0.15) is 52.1 Å². The number of aryl methyl sites for hydroxylation is 1. The standard InChI is InChI=1S/C28H30N4O4S/c1-18-7-8-24(35-3)22(14-18)19(2)15-26(33)31-27-23(16-29)21-9-12-32(17-25(21)37-27)28(34)36-13-10-20-6-4-5-11-30-20/h4-8,11,14,19H,9-10,12-13,15,17H2,1-3H3,(H,31,33). The Balaban J connectivity index is 1.37. The second kappa shape index (κ2) is 11.9. The summed E-state index contributed by atoms with van der Waals surface area (Å²) in [5, 5.41) is 13.3. The van der Waals surface area contributed by atoms with Crippen molar-refractivity contribution in [1.29, 1.82) is 5.26 Å². The molecule has 1 aliphatic rings. The fourth-order valence-electron chi connectivity index (χ4n) is 4.45. The first kappa shape index (κ1) is 26.2. The van der Waals surface area contributed by atoms with Gasteiger partial charge < -0.3 is 19.7 Å². The molecular weight excluding hydrogens is 488 g/mol. The fraction of sp³-hybridized carbons (Fsp3) is 0.357. The molecule has 3 heterocycles. The van der Waals surface area contributed by atoms with Crippen LogP contribution >= 0.6 is 11.3 Å². The van der Waals surface area contributed by atoms with Crippen molar-refractivity contribution in [1.82, 2.24) is 9.88 Å². The molecule has 0 radical (unpaired) electrons. The topological polar surface area (TPSA) is 105 Å². The Morgan fingerprint density at radius 1 is 1.30 bits per heavy atom. The van der Waals surface area contributed by atoms with Crippen LogP contribution in [0.15, 0.2) is 42.6 Å². The number of ether oxygens (including phenoxy) is 2. The molecular formula is C28H30N4O4S. The summed E-state index contributed by atoms with van der Waals surface area (Å²) in [5.41, 5.74) is 4.32. The molecule has 0 saturated heterocycles. The van der Waals surface area contributed by atoms with Gasteiger partial charge in [-0.25, -0.2) is 4.79 Å². The van der Waals surface area contributed by atoms with E-state index in [1.54, 1.807) is 18.2 Å². The summed E-state index contributed by atoms with van der Waals surface area (Å²) >= 11 is 1.35. The summed E-state index contributed by atoms with van der Waals surface area (Å²) in [5.74, 6) is 0.519. The molecule has 0 spiro atoms. The third-order valence-corrected chi connectivity index (χ3v) is 7.53. The summed E-state index contributed by atoms with van der Waals surface area (Å²) in [4.78, 5) is 32.3. The highest BCUT2D eigenvalue weighted by atomic mass is 32.1. The van der Waals surface area contributed by atoms with Gasteiger partial charge in [0.05, 0.1) is 25.8 Å². The predicted molar refractivity (Wildman–Crippen MR) is 142 cm³/mol. The number of benzene rings is 1. The number of nitrogens with zero attached hydrogens (tertiary/aromatic N) is 3. The van der Waals surface area contributed by atoms with Gasteiger partial charge in [0.2, 0.25) is 5.91 Å². The normalized spacial score (nSPS) is 13.3. The van der Waals surface area contributed by atoms with Crippen LogP contribution in [0.4, 0.5) is 9.80 Å². The predicted octanol–water partition coefficient (Wildman–Crippen LogP) is 5.20. The number of anilines is 1. The Bertz CT molecular complexity index is 1320. The molecule has 1 atom stereocenters. The number of pyridine rings is 1. The van der Waals surface area contributed by atoms with Crippen molar-refractivity contribution in [3.8, 4) is 11.8 Å². The van der Waals surface area contributed by atoms with Gasteiger partial charge in [0.1, 0.15) is 16.8 Å². The van der Waals surface area contributed by atoms with Gasteiger partial charge in [0.15, 0.2) is 0 Å². The second-order valence-corrected chi connectivity index (χ2v) is 10.2. The largest absolute Gasteiger partial charge is 0.496 e. The third kappa shape index (κ3) is 6.27. The third-order valence-electron chi connectivity index (χ3n) is 6.40. The van der Waals surface area contributed by atoms with Gasteiger partial charge in [0, 0.05) is 36.2 Å². The summed E-state index contributed by atoms with van der Waals surface area (Å²) in [6.45, 7) is 5.05. The van der Waals surface area contributed by atoms with E-state index in [2.05, 4.69) is 16.4 Å². The molecule has 3 aromatic rings. The summed E-state index contributed by atoms with van der Waals surface area (Å²) in [6.07, 6.45) is 2.66. The number of carbonyl (C=O) groups is 2. The number of aromatic nitrogens is 1. The van der Waals surface area contributed by atoms with E-state index in [0.717, 1.165) is 33.0 Å². The maximum Gasteiger partial charge on any atom is 0.410 e. The van der Waals surface area contributed by atoms with Gasteiger partial charge in [-0.3, -0.25) is 9.78 Å². The van der Waals surface area contributed by atoms with E-state index < -0.39 is 0 Å². The Hall–Kier alpha value is -3.90. The number of hydrogen-bond acceptors (Lipinski definition) is 7. The van der Waals surface area contributed by atoms with Crippen LogP contribution < -0.4 is 10.1 Å². The molecule has 37 heavy (non-hydrogen) atoms. The van der Waals surface area contributed by atoms with Crippen molar-refractivity contribution >= 4 is 28.3 Å². The summed E-state index contributed by atoms with van der Waals surface area (Å²) in [6, 6.07) is 13.8. The smallest absolute Gasteiger partial charge is 0.410 e. The lowest BCUT2D eigenvalue weighted by atomic mass is 9.95. The van der Waals surface area contributed by atoms with Crippen LogP contribution in [0.25, 0.3) is 0 Å². The van der Waals surface area contributed by atoms with E-state index in [0.29, 0.717) is 36.5 Å². The molecule has 1 aliphatic heterocycles. The zero-order chi connectivity index (χ0) is 26.4. The van der Waals surface area contributed by atoms with Crippen molar-refractivity contribution < 1.29 is 19.1 Å². The van der Waals surface area contributed by atoms with Crippen LogP contribution in [0, 0.1) is 18.3 Å². The molecule has 8 nitrogen and oxygen atoms in total. The monoisotopic (exact) mass is 518 g/mol. The zero-order valence-electron chi connectivity index (χ0n) is 21.2. The summed E-state index contributed by atoms with van der Waals surface area (Å²) in [7, 11) is 1.62. The van der Waals surface area contributed by atoms with E-state index in [9.17, 15) is 14.9 Å². The molecule has 2 amide bonds. The maximum absolute atomic E-state index is 12.9. The molecule has 192 valence electrons. The van der Waals surface area contributed by atoms with Crippen LogP contribution in [0.2, 0.25) is 0 Å². The van der Waals surface area contributed by atoms with Crippen molar-refractivity contribution in [3.63, 3.8) is 0 Å². The minimum atomic E-state index is -0.389. The lowest BCUT2D eigenvalue weighted by molar-refractivity contribution is -0.116. The molecule has 1 unspecified atom stereocenters. The Labute approximate surface area is 220 Å². The van der Waals surface area contributed by atoms with Crippen molar-refractivity contribution in [3.05, 3.63) is 75.4 Å². The van der Waals surface area contributed by atoms with E-state index in [-0.39, 0.29) is 30.9 Å². The number of methoxy groups -OCH3 is 1. The van der Waals surface area contributed by atoms with Gasteiger partial charge in [0.25, 0.3) is 0 Å². The van der Waals surface area contributed by atoms with Crippen LogP contribution in [0.3, 0.4) is 0 Å². The molecule has 0 saturated carbocycles. The first-order chi connectivity index (χ1) is 17.9.